The van der Waals surface area contributed by atoms with Gasteiger partial charge in [-0.15, -0.1) is 22.7 Å². The van der Waals surface area contributed by atoms with Crippen molar-refractivity contribution in [3.8, 4) is 0 Å². The highest BCUT2D eigenvalue weighted by atomic mass is 35.5. The Bertz CT molecular complexity index is 937. The summed E-state index contributed by atoms with van der Waals surface area (Å²) < 4.78 is 0.894. The number of carbonyl (C=O) groups excluding carboxylic acids is 3. The van der Waals surface area contributed by atoms with Gasteiger partial charge in [-0.3, -0.25) is 25.2 Å². The maximum atomic E-state index is 12.2. The number of fused-ring (bicyclic) bond motifs is 1. The first kappa shape index (κ1) is 17.4. The molecule has 128 valence electrons. The predicted octanol–water partition coefficient (Wildman–Crippen LogP) is 2.81. The van der Waals surface area contributed by atoms with E-state index >= 15 is 0 Å². The average molecular weight is 394 g/mol. The lowest BCUT2D eigenvalue weighted by atomic mass is 10.2. The number of rotatable bonds is 4. The van der Waals surface area contributed by atoms with Crippen LogP contribution in [0, 0.1) is 0 Å². The fourth-order valence-electron chi connectivity index (χ4n) is 2.04. The molecular formula is C16H12ClN3O3S2. The number of hydrogen-bond acceptors (Lipinski definition) is 5. The number of amides is 3. The van der Waals surface area contributed by atoms with Gasteiger partial charge in [-0.05, 0) is 17.5 Å². The molecule has 0 aliphatic carbocycles. The lowest BCUT2D eigenvalue weighted by Gasteiger charge is -2.07. The SMILES string of the molecule is O=C(CNC(=O)c1sc2ccccc2c1Cl)NNC(=O)c1cccs1. The van der Waals surface area contributed by atoms with Crippen LogP contribution in [0.5, 0.6) is 0 Å². The van der Waals surface area contributed by atoms with Crippen molar-refractivity contribution >= 4 is 62.1 Å². The molecule has 6 nitrogen and oxygen atoms in total. The maximum absolute atomic E-state index is 12.2. The highest BCUT2D eigenvalue weighted by molar-refractivity contribution is 7.21. The van der Waals surface area contributed by atoms with Gasteiger partial charge in [0.15, 0.2) is 0 Å². The zero-order valence-corrected chi connectivity index (χ0v) is 15.1. The normalized spacial score (nSPS) is 10.4. The van der Waals surface area contributed by atoms with Gasteiger partial charge in [0.1, 0.15) is 4.88 Å². The Morgan fingerprint density at radius 1 is 1.00 bits per heavy atom. The van der Waals surface area contributed by atoms with E-state index in [0.29, 0.717) is 14.8 Å². The molecule has 0 aliphatic rings. The molecule has 3 aromatic rings. The smallest absolute Gasteiger partial charge is 0.279 e. The highest BCUT2D eigenvalue weighted by Crippen LogP contribution is 2.34. The minimum absolute atomic E-state index is 0.284. The molecule has 0 saturated heterocycles. The number of benzene rings is 1. The van der Waals surface area contributed by atoms with Crippen molar-refractivity contribution in [2.45, 2.75) is 0 Å². The monoisotopic (exact) mass is 393 g/mol. The summed E-state index contributed by atoms with van der Waals surface area (Å²) in [5, 5.41) is 5.40. The molecule has 0 atom stereocenters. The summed E-state index contributed by atoms with van der Waals surface area (Å²) in [4.78, 5) is 36.5. The molecular weight excluding hydrogens is 382 g/mol. The van der Waals surface area contributed by atoms with Gasteiger partial charge < -0.3 is 5.32 Å². The number of hydrogen-bond donors (Lipinski definition) is 3. The average Bonchev–Trinajstić information content (AvgIpc) is 3.26. The molecule has 0 bridgehead atoms. The Hall–Kier alpha value is -2.42. The molecule has 0 unspecified atom stereocenters. The van der Waals surface area contributed by atoms with Gasteiger partial charge in [0, 0.05) is 10.1 Å². The van der Waals surface area contributed by atoms with E-state index in [-0.39, 0.29) is 6.54 Å². The third kappa shape index (κ3) is 3.98. The predicted molar refractivity (Wildman–Crippen MR) is 99.1 cm³/mol. The maximum Gasteiger partial charge on any atom is 0.279 e. The van der Waals surface area contributed by atoms with Crippen LogP contribution in [-0.2, 0) is 4.79 Å². The van der Waals surface area contributed by atoms with Crippen LogP contribution in [0.15, 0.2) is 41.8 Å². The summed E-state index contributed by atoms with van der Waals surface area (Å²) in [6.07, 6.45) is 0. The number of carbonyl (C=O) groups is 3. The fraction of sp³-hybridized carbons (Fsp3) is 0.0625. The quantitative estimate of drug-likeness (QED) is 0.595. The van der Waals surface area contributed by atoms with Crippen LogP contribution >= 0.6 is 34.3 Å². The van der Waals surface area contributed by atoms with Gasteiger partial charge >= 0.3 is 0 Å². The molecule has 3 rings (SSSR count). The largest absolute Gasteiger partial charge is 0.342 e. The van der Waals surface area contributed by atoms with E-state index in [2.05, 4.69) is 16.2 Å². The zero-order chi connectivity index (χ0) is 17.8. The first-order chi connectivity index (χ1) is 12.1. The zero-order valence-electron chi connectivity index (χ0n) is 12.7. The van der Waals surface area contributed by atoms with Crippen LogP contribution < -0.4 is 16.2 Å². The van der Waals surface area contributed by atoms with Gasteiger partial charge in [-0.1, -0.05) is 35.9 Å². The standard InChI is InChI=1S/C16H12ClN3O3S2/c17-13-9-4-1-2-5-10(9)25-14(13)16(23)18-8-12(21)19-20-15(22)11-6-3-7-24-11/h1-7H,8H2,(H,18,23)(H,19,21)(H,20,22). The van der Waals surface area contributed by atoms with Crippen molar-refractivity contribution < 1.29 is 14.4 Å². The highest BCUT2D eigenvalue weighted by Gasteiger charge is 2.17. The molecule has 3 N–H and O–H groups in total. The lowest BCUT2D eigenvalue weighted by Crippen LogP contribution is -2.46. The van der Waals surface area contributed by atoms with Crippen LogP contribution in [-0.4, -0.2) is 24.3 Å². The Balaban J connectivity index is 1.53. The molecule has 2 aromatic heterocycles. The van der Waals surface area contributed by atoms with E-state index in [1.54, 1.807) is 17.5 Å². The summed E-state index contributed by atoms with van der Waals surface area (Å²) >= 11 is 8.73. The molecule has 0 fully saturated rings. The van der Waals surface area contributed by atoms with E-state index < -0.39 is 17.7 Å². The van der Waals surface area contributed by atoms with Crippen molar-refractivity contribution in [3.05, 3.63) is 56.6 Å². The van der Waals surface area contributed by atoms with E-state index in [1.807, 2.05) is 24.3 Å². The van der Waals surface area contributed by atoms with Gasteiger partial charge in [-0.25, -0.2) is 0 Å². The summed E-state index contributed by atoms with van der Waals surface area (Å²) in [6.45, 7) is -0.284. The van der Waals surface area contributed by atoms with Crippen molar-refractivity contribution in [1.29, 1.82) is 0 Å². The molecule has 25 heavy (non-hydrogen) atoms. The Morgan fingerprint density at radius 3 is 2.52 bits per heavy atom. The lowest BCUT2D eigenvalue weighted by molar-refractivity contribution is -0.120. The third-order valence-electron chi connectivity index (χ3n) is 3.21. The number of thiophene rings is 2. The molecule has 1 aromatic carbocycles. The first-order valence-electron chi connectivity index (χ1n) is 7.14. The molecule has 0 saturated carbocycles. The topological polar surface area (TPSA) is 87.3 Å². The Morgan fingerprint density at radius 2 is 1.80 bits per heavy atom. The number of halogens is 1. The minimum atomic E-state index is -0.546. The molecule has 0 spiro atoms. The summed E-state index contributed by atoms with van der Waals surface area (Å²) in [6, 6.07) is 10.8. The van der Waals surface area contributed by atoms with Crippen molar-refractivity contribution in [2.75, 3.05) is 6.54 Å². The number of hydrazine groups is 1. The minimum Gasteiger partial charge on any atom is -0.342 e. The van der Waals surface area contributed by atoms with Crippen molar-refractivity contribution in [1.82, 2.24) is 16.2 Å². The second-order valence-electron chi connectivity index (χ2n) is 4.90. The first-order valence-corrected chi connectivity index (χ1v) is 9.21. The summed E-state index contributed by atoms with van der Waals surface area (Å²) in [5.41, 5.74) is 4.52. The molecule has 9 heteroatoms. The second kappa shape index (κ2) is 7.64. The molecule has 2 heterocycles. The van der Waals surface area contributed by atoms with Gasteiger partial charge in [0.05, 0.1) is 16.4 Å². The van der Waals surface area contributed by atoms with Crippen LogP contribution in [0.3, 0.4) is 0 Å². The van der Waals surface area contributed by atoms with Crippen LogP contribution in [0.4, 0.5) is 0 Å². The molecule has 0 radical (unpaired) electrons. The van der Waals surface area contributed by atoms with Crippen LogP contribution in [0.2, 0.25) is 5.02 Å². The van der Waals surface area contributed by atoms with Gasteiger partial charge in [0.2, 0.25) is 0 Å². The van der Waals surface area contributed by atoms with Gasteiger partial charge in [-0.2, -0.15) is 0 Å². The van der Waals surface area contributed by atoms with E-state index in [4.69, 9.17) is 11.6 Å². The van der Waals surface area contributed by atoms with E-state index in [0.717, 1.165) is 10.1 Å². The summed E-state index contributed by atoms with van der Waals surface area (Å²) in [5.74, 6) is -1.40. The van der Waals surface area contributed by atoms with Crippen LogP contribution in [0.25, 0.3) is 10.1 Å². The number of nitrogens with one attached hydrogen (secondary N) is 3. The van der Waals surface area contributed by atoms with Crippen LogP contribution in [0.1, 0.15) is 19.3 Å². The molecule has 0 aliphatic heterocycles. The second-order valence-corrected chi connectivity index (χ2v) is 7.28. The van der Waals surface area contributed by atoms with E-state index in [1.165, 1.54) is 22.7 Å². The van der Waals surface area contributed by atoms with E-state index in [9.17, 15) is 14.4 Å². The van der Waals surface area contributed by atoms with Crippen molar-refractivity contribution in [2.24, 2.45) is 0 Å². The summed E-state index contributed by atoms with van der Waals surface area (Å²) in [7, 11) is 0. The van der Waals surface area contributed by atoms with Gasteiger partial charge in [0.25, 0.3) is 17.7 Å². The fourth-order valence-corrected chi connectivity index (χ4v) is 4.09. The molecule has 3 amide bonds. The Labute approximate surface area is 155 Å². The van der Waals surface area contributed by atoms with Crippen molar-refractivity contribution in [3.63, 3.8) is 0 Å². The Kier molecular flexibility index (Phi) is 5.32. The third-order valence-corrected chi connectivity index (χ3v) is 5.75.